The van der Waals surface area contributed by atoms with Crippen molar-refractivity contribution in [3.8, 4) is 11.1 Å². The molecular weight excluding hydrogens is 415 g/mol. The normalized spacial score (nSPS) is 18.3. The Kier molecular flexibility index (Phi) is 7.03. The van der Waals surface area contributed by atoms with E-state index in [-0.39, 0.29) is 18.3 Å². The lowest BCUT2D eigenvalue weighted by molar-refractivity contribution is -0.141. The largest absolute Gasteiger partial charge is 0.433 e. The molecule has 1 aromatic heterocycles. The van der Waals surface area contributed by atoms with Crippen molar-refractivity contribution in [3.05, 3.63) is 53.9 Å². The molecule has 4 rings (SSSR count). The number of amides is 1. The molecule has 0 N–H and O–H groups in total. The Labute approximate surface area is 180 Å². The summed E-state index contributed by atoms with van der Waals surface area (Å²) in [5.74, 6) is 0.0116. The summed E-state index contributed by atoms with van der Waals surface area (Å²) in [5, 5.41) is 0. The summed E-state index contributed by atoms with van der Waals surface area (Å²) < 4.78 is 38.0. The molecular formula is C22H25ClF3N3O. The number of rotatable bonds is 3. The van der Waals surface area contributed by atoms with Crippen molar-refractivity contribution in [2.75, 3.05) is 26.2 Å². The van der Waals surface area contributed by atoms with Gasteiger partial charge in [0.2, 0.25) is 0 Å². The average molecular weight is 440 g/mol. The molecule has 1 saturated heterocycles. The van der Waals surface area contributed by atoms with E-state index < -0.39 is 11.9 Å². The Morgan fingerprint density at radius 3 is 2.17 bits per heavy atom. The van der Waals surface area contributed by atoms with Crippen LogP contribution in [0.25, 0.3) is 11.1 Å². The SMILES string of the molecule is Cl.O=C(c1ccc(-c2ccc(C(F)(F)F)nc2)cc1)N1CCCN(C2CCC2)CC1. The molecule has 0 atom stereocenters. The van der Waals surface area contributed by atoms with E-state index in [4.69, 9.17) is 0 Å². The molecule has 2 fully saturated rings. The van der Waals surface area contributed by atoms with Gasteiger partial charge in [-0.2, -0.15) is 13.2 Å². The van der Waals surface area contributed by atoms with Gasteiger partial charge in [0.1, 0.15) is 5.69 Å². The quantitative estimate of drug-likeness (QED) is 0.683. The van der Waals surface area contributed by atoms with Gasteiger partial charge in [0, 0.05) is 49.5 Å². The molecule has 1 aliphatic carbocycles. The van der Waals surface area contributed by atoms with Crippen LogP contribution in [0.15, 0.2) is 42.6 Å². The zero-order valence-corrected chi connectivity index (χ0v) is 17.4. The molecule has 162 valence electrons. The van der Waals surface area contributed by atoms with Crippen molar-refractivity contribution < 1.29 is 18.0 Å². The Morgan fingerprint density at radius 2 is 1.60 bits per heavy atom. The van der Waals surface area contributed by atoms with Crippen LogP contribution in [-0.4, -0.2) is 52.9 Å². The number of halogens is 4. The van der Waals surface area contributed by atoms with E-state index >= 15 is 0 Å². The van der Waals surface area contributed by atoms with E-state index in [0.717, 1.165) is 44.2 Å². The number of pyridine rings is 1. The highest BCUT2D eigenvalue weighted by Gasteiger charge is 2.32. The highest BCUT2D eigenvalue weighted by molar-refractivity contribution is 5.94. The van der Waals surface area contributed by atoms with E-state index in [0.29, 0.717) is 17.2 Å². The standard InChI is InChI=1S/C22H24F3N3O.ClH/c23-22(24,25)20-10-9-18(15-26-20)16-5-7-17(8-6-16)21(29)28-12-2-11-27(13-14-28)19-3-1-4-19;/h5-10,15,19H,1-4,11-14H2;1H. The zero-order valence-electron chi connectivity index (χ0n) is 16.6. The second kappa shape index (κ2) is 9.35. The number of aromatic nitrogens is 1. The van der Waals surface area contributed by atoms with Crippen molar-refractivity contribution in [1.29, 1.82) is 0 Å². The van der Waals surface area contributed by atoms with Crippen molar-refractivity contribution in [2.45, 2.75) is 37.9 Å². The van der Waals surface area contributed by atoms with Crippen LogP contribution >= 0.6 is 12.4 Å². The average Bonchev–Trinajstić information content (AvgIpc) is 2.92. The van der Waals surface area contributed by atoms with Crippen LogP contribution in [0.3, 0.4) is 0 Å². The molecule has 8 heteroatoms. The lowest BCUT2D eigenvalue weighted by atomic mass is 9.91. The minimum Gasteiger partial charge on any atom is -0.337 e. The maximum atomic E-state index is 12.9. The summed E-state index contributed by atoms with van der Waals surface area (Å²) >= 11 is 0. The third kappa shape index (κ3) is 4.95. The Hall–Kier alpha value is -2.12. The van der Waals surface area contributed by atoms with Crippen molar-refractivity contribution >= 4 is 18.3 Å². The molecule has 30 heavy (non-hydrogen) atoms. The summed E-state index contributed by atoms with van der Waals surface area (Å²) in [6, 6.07) is 10.1. The molecule has 0 spiro atoms. The van der Waals surface area contributed by atoms with Gasteiger partial charge in [0.15, 0.2) is 0 Å². The van der Waals surface area contributed by atoms with Crippen LogP contribution in [0.1, 0.15) is 41.7 Å². The van der Waals surface area contributed by atoms with Crippen molar-refractivity contribution in [2.24, 2.45) is 0 Å². The van der Waals surface area contributed by atoms with E-state index in [1.807, 2.05) is 4.90 Å². The van der Waals surface area contributed by atoms with Crippen LogP contribution in [0, 0.1) is 0 Å². The highest BCUT2D eigenvalue weighted by atomic mass is 35.5. The van der Waals surface area contributed by atoms with Crippen LogP contribution in [0.2, 0.25) is 0 Å². The minimum atomic E-state index is -4.45. The first-order valence-electron chi connectivity index (χ1n) is 10.1. The van der Waals surface area contributed by atoms with Crippen LogP contribution in [0.5, 0.6) is 0 Å². The van der Waals surface area contributed by atoms with Crippen molar-refractivity contribution in [1.82, 2.24) is 14.8 Å². The van der Waals surface area contributed by atoms with Crippen molar-refractivity contribution in [3.63, 3.8) is 0 Å². The summed E-state index contributed by atoms with van der Waals surface area (Å²) in [6.45, 7) is 3.46. The first-order valence-corrected chi connectivity index (χ1v) is 10.1. The molecule has 0 radical (unpaired) electrons. The fourth-order valence-corrected chi connectivity index (χ4v) is 3.98. The van der Waals surface area contributed by atoms with Gasteiger partial charge in [-0.1, -0.05) is 24.6 Å². The van der Waals surface area contributed by atoms with Gasteiger partial charge in [-0.05, 0) is 43.0 Å². The maximum Gasteiger partial charge on any atom is 0.433 e. The molecule has 2 aliphatic rings. The zero-order chi connectivity index (χ0) is 20.4. The number of carbonyl (C=O) groups excluding carboxylic acids is 1. The monoisotopic (exact) mass is 439 g/mol. The minimum absolute atomic E-state index is 0. The first-order chi connectivity index (χ1) is 13.9. The van der Waals surface area contributed by atoms with Crippen LogP contribution in [-0.2, 0) is 6.18 Å². The van der Waals surface area contributed by atoms with Gasteiger partial charge in [0.25, 0.3) is 5.91 Å². The van der Waals surface area contributed by atoms with Gasteiger partial charge in [-0.3, -0.25) is 14.7 Å². The van der Waals surface area contributed by atoms with Gasteiger partial charge >= 0.3 is 6.18 Å². The Bertz CT molecular complexity index is 851. The molecule has 1 saturated carbocycles. The first kappa shape index (κ1) is 22.6. The lowest BCUT2D eigenvalue weighted by Gasteiger charge is -2.36. The molecule has 4 nitrogen and oxygen atoms in total. The maximum absolute atomic E-state index is 12.9. The molecule has 1 amide bonds. The molecule has 2 aromatic rings. The van der Waals surface area contributed by atoms with Gasteiger partial charge in [-0.25, -0.2) is 0 Å². The highest BCUT2D eigenvalue weighted by Crippen LogP contribution is 2.29. The summed E-state index contributed by atoms with van der Waals surface area (Å²) in [4.78, 5) is 20.8. The van der Waals surface area contributed by atoms with Gasteiger partial charge in [-0.15, -0.1) is 12.4 Å². The Balaban J connectivity index is 0.00000256. The summed E-state index contributed by atoms with van der Waals surface area (Å²) in [5.41, 5.74) is 1.01. The number of nitrogens with zero attached hydrogens (tertiary/aromatic N) is 3. The smallest absolute Gasteiger partial charge is 0.337 e. The summed E-state index contributed by atoms with van der Waals surface area (Å²) in [6.07, 6.45) is 1.60. The van der Waals surface area contributed by atoms with Gasteiger partial charge in [0.05, 0.1) is 0 Å². The summed E-state index contributed by atoms with van der Waals surface area (Å²) in [7, 11) is 0. The van der Waals surface area contributed by atoms with E-state index in [2.05, 4.69) is 9.88 Å². The third-order valence-corrected chi connectivity index (χ3v) is 5.93. The molecule has 1 aromatic carbocycles. The third-order valence-electron chi connectivity index (χ3n) is 5.93. The van der Waals surface area contributed by atoms with E-state index in [1.165, 1.54) is 31.5 Å². The number of hydrogen-bond acceptors (Lipinski definition) is 3. The number of carbonyl (C=O) groups is 1. The molecule has 0 unspecified atom stereocenters. The molecule has 1 aliphatic heterocycles. The second-order valence-electron chi connectivity index (χ2n) is 7.77. The number of hydrogen-bond donors (Lipinski definition) is 0. The second-order valence-corrected chi connectivity index (χ2v) is 7.77. The lowest BCUT2D eigenvalue weighted by Crippen LogP contribution is -2.42. The molecule has 2 heterocycles. The topological polar surface area (TPSA) is 36.4 Å². The van der Waals surface area contributed by atoms with Crippen LogP contribution in [0.4, 0.5) is 13.2 Å². The number of benzene rings is 1. The Morgan fingerprint density at radius 1 is 0.900 bits per heavy atom. The van der Waals surface area contributed by atoms with E-state index in [9.17, 15) is 18.0 Å². The molecule has 0 bridgehead atoms. The van der Waals surface area contributed by atoms with Gasteiger partial charge < -0.3 is 4.90 Å². The fraction of sp³-hybridized carbons (Fsp3) is 0.455. The number of alkyl halides is 3. The predicted octanol–water partition coefficient (Wildman–Crippen LogP) is 4.89. The predicted molar refractivity (Wildman–Crippen MR) is 112 cm³/mol. The van der Waals surface area contributed by atoms with Crippen LogP contribution < -0.4 is 0 Å². The van der Waals surface area contributed by atoms with E-state index in [1.54, 1.807) is 24.3 Å². The fourth-order valence-electron chi connectivity index (χ4n) is 3.98.